The Morgan fingerprint density at radius 1 is 1.24 bits per heavy atom. The van der Waals surface area contributed by atoms with Gasteiger partial charge in [-0.25, -0.2) is 0 Å². The van der Waals surface area contributed by atoms with Crippen molar-refractivity contribution in [2.24, 2.45) is 0 Å². The van der Waals surface area contributed by atoms with Crippen molar-refractivity contribution in [2.75, 3.05) is 0 Å². The Bertz CT molecular complexity index is 603. The number of hydrogen-bond donors (Lipinski definition) is 0. The lowest BCUT2D eigenvalue weighted by atomic mass is 10.1. The first-order valence-corrected chi connectivity index (χ1v) is 4.82. The Hall–Kier alpha value is -2.74. The quantitative estimate of drug-likeness (QED) is 0.581. The third-order valence-corrected chi connectivity index (χ3v) is 2.20. The highest BCUT2D eigenvalue weighted by molar-refractivity contribution is 5.62. The Morgan fingerprint density at radius 3 is 2.53 bits per heavy atom. The van der Waals surface area contributed by atoms with Crippen LogP contribution in [0.1, 0.15) is 5.56 Å². The van der Waals surface area contributed by atoms with Gasteiger partial charge in [-0.05, 0) is 9.91 Å². The number of aromatic nitrogens is 1. The smallest absolute Gasteiger partial charge is 0.358 e. The van der Waals surface area contributed by atoms with Crippen LogP contribution in [0.2, 0.25) is 0 Å². The number of nitro groups is 1. The third kappa shape index (κ3) is 2.26. The second kappa shape index (κ2) is 4.41. The zero-order valence-electron chi connectivity index (χ0n) is 8.70. The molecule has 1 heterocycles. The molecule has 2 aromatic rings. The van der Waals surface area contributed by atoms with Crippen LogP contribution in [0.4, 0.5) is 5.82 Å². The SMILES string of the molecule is N#Cc1cc(-c2ccccc2)nc([N+](=O)[O-])c1. The monoisotopic (exact) mass is 225 g/mol. The molecule has 0 unspecified atom stereocenters. The molecule has 0 aliphatic carbocycles. The normalized spacial score (nSPS) is 9.59. The van der Waals surface area contributed by atoms with Crippen LogP contribution in [0, 0.1) is 21.4 Å². The van der Waals surface area contributed by atoms with Gasteiger partial charge < -0.3 is 10.1 Å². The summed E-state index contributed by atoms with van der Waals surface area (Å²) in [5.41, 5.74) is 1.40. The standard InChI is InChI=1S/C12H7N3O2/c13-8-9-6-11(10-4-2-1-3-5-10)14-12(7-9)15(16)17/h1-7H. The summed E-state index contributed by atoms with van der Waals surface area (Å²) in [5.74, 6) is -0.317. The van der Waals surface area contributed by atoms with E-state index in [1.54, 1.807) is 12.1 Å². The van der Waals surface area contributed by atoms with Gasteiger partial charge in [-0.1, -0.05) is 30.3 Å². The topological polar surface area (TPSA) is 79.8 Å². The van der Waals surface area contributed by atoms with Crippen LogP contribution < -0.4 is 0 Å². The maximum absolute atomic E-state index is 10.7. The van der Waals surface area contributed by atoms with Crippen LogP contribution in [-0.2, 0) is 0 Å². The van der Waals surface area contributed by atoms with E-state index in [0.717, 1.165) is 11.6 Å². The largest absolute Gasteiger partial charge is 0.365 e. The number of rotatable bonds is 2. The van der Waals surface area contributed by atoms with E-state index in [2.05, 4.69) is 4.98 Å². The summed E-state index contributed by atoms with van der Waals surface area (Å²) in [7, 11) is 0. The van der Waals surface area contributed by atoms with Gasteiger partial charge in [0.2, 0.25) is 0 Å². The van der Waals surface area contributed by atoms with Gasteiger partial charge in [0.15, 0.2) is 5.69 Å². The van der Waals surface area contributed by atoms with E-state index in [0.29, 0.717) is 5.69 Å². The molecule has 0 radical (unpaired) electrons. The van der Waals surface area contributed by atoms with Gasteiger partial charge >= 0.3 is 5.82 Å². The molecular formula is C12H7N3O2. The summed E-state index contributed by atoms with van der Waals surface area (Å²) in [6.45, 7) is 0. The van der Waals surface area contributed by atoms with Crippen molar-refractivity contribution in [3.05, 3.63) is 58.1 Å². The Balaban J connectivity index is 2.59. The first-order chi connectivity index (χ1) is 8.20. The number of benzene rings is 1. The highest BCUT2D eigenvalue weighted by Gasteiger charge is 2.14. The molecular weight excluding hydrogens is 218 g/mol. The van der Waals surface area contributed by atoms with Gasteiger partial charge in [-0.15, -0.1) is 0 Å². The molecule has 5 heteroatoms. The molecule has 82 valence electrons. The second-order valence-corrected chi connectivity index (χ2v) is 3.33. The van der Waals surface area contributed by atoms with Crippen molar-refractivity contribution in [3.63, 3.8) is 0 Å². The lowest BCUT2D eigenvalue weighted by Crippen LogP contribution is -1.95. The highest BCUT2D eigenvalue weighted by atomic mass is 16.6. The van der Waals surface area contributed by atoms with Crippen molar-refractivity contribution in [3.8, 4) is 17.3 Å². The van der Waals surface area contributed by atoms with Crippen molar-refractivity contribution >= 4 is 5.82 Å². The van der Waals surface area contributed by atoms with Crippen molar-refractivity contribution in [1.82, 2.24) is 4.98 Å². The Kier molecular flexibility index (Phi) is 2.79. The zero-order valence-corrected chi connectivity index (χ0v) is 8.70. The molecule has 0 aliphatic rings. The average molecular weight is 225 g/mol. The van der Waals surface area contributed by atoms with E-state index in [4.69, 9.17) is 5.26 Å². The average Bonchev–Trinajstić information content (AvgIpc) is 2.39. The summed E-state index contributed by atoms with van der Waals surface area (Å²) in [6.07, 6.45) is 0. The van der Waals surface area contributed by atoms with Gasteiger partial charge in [0.25, 0.3) is 0 Å². The Labute approximate surface area is 97.1 Å². The van der Waals surface area contributed by atoms with Gasteiger partial charge in [0.05, 0.1) is 17.7 Å². The van der Waals surface area contributed by atoms with Crippen molar-refractivity contribution in [2.45, 2.75) is 0 Å². The zero-order chi connectivity index (χ0) is 12.3. The summed E-state index contributed by atoms with van der Waals surface area (Å²) >= 11 is 0. The van der Waals surface area contributed by atoms with E-state index >= 15 is 0 Å². The third-order valence-electron chi connectivity index (χ3n) is 2.20. The summed E-state index contributed by atoms with van der Waals surface area (Å²) in [5, 5.41) is 19.5. The van der Waals surface area contributed by atoms with Crippen LogP contribution in [0.15, 0.2) is 42.5 Å². The molecule has 0 N–H and O–H groups in total. The molecule has 5 nitrogen and oxygen atoms in total. The molecule has 2 rings (SSSR count). The lowest BCUT2D eigenvalue weighted by molar-refractivity contribution is -0.389. The number of hydrogen-bond acceptors (Lipinski definition) is 4. The minimum atomic E-state index is -0.604. The second-order valence-electron chi connectivity index (χ2n) is 3.33. The fourth-order valence-electron chi connectivity index (χ4n) is 1.43. The molecule has 0 fully saturated rings. The minimum absolute atomic E-state index is 0.227. The molecule has 0 atom stereocenters. The maximum atomic E-state index is 10.7. The maximum Gasteiger partial charge on any atom is 0.365 e. The predicted octanol–water partition coefficient (Wildman–Crippen LogP) is 2.53. The lowest BCUT2D eigenvalue weighted by Gasteiger charge is -1.98. The molecule has 0 saturated heterocycles. The van der Waals surface area contributed by atoms with Gasteiger partial charge in [-0.2, -0.15) is 5.26 Å². The summed E-state index contributed by atoms with van der Waals surface area (Å²) in [4.78, 5) is 14.0. The first kappa shape index (κ1) is 10.8. The molecule has 1 aromatic carbocycles. The number of nitrogens with zero attached hydrogens (tertiary/aromatic N) is 3. The van der Waals surface area contributed by atoms with Crippen LogP contribution >= 0.6 is 0 Å². The van der Waals surface area contributed by atoms with E-state index in [1.165, 1.54) is 6.07 Å². The van der Waals surface area contributed by atoms with Crippen LogP contribution in [0.5, 0.6) is 0 Å². The summed E-state index contributed by atoms with van der Waals surface area (Å²) in [6, 6.07) is 13.6. The molecule has 17 heavy (non-hydrogen) atoms. The van der Waals surface area contributed by atoms with Gasteiger partial charge in [-0.3, -0.25) is 0 Å². The van der Waals surface area contributed by atoms with Crippen molar-refractivity contribution in [1.29, 1.82) is 5.26 Å². The molecule has 0 aliphatic heterocycles. The van der Waals surface area contributed by atoms with Crippen LogP contribution in [-0.4, -0.2) is 9.91 Å². The molecule has 0 spiro atoms. The van der Waals surface area contributed by atoms with E-state index in [9.17, 15) is 10.1 Å². The number of pyridine rings is 1. The molecule has 0 bridgehead atoms. The van der Waals surface area contributed by atoms with Gasteiger partial charge in [0.1, 0.15) is 0 Å². The molecule has 0 amide bonds. The van der Waals surface area contributed by atoms with E-state index in [1.807, 2.05) is 24.3 Å². The van der Waals surface area contributed by atoms with E-state index in [-0.39, 0.29) is 11.4 Å². The molecule has 0 saturated carbocycles. The highest BCUT2D eigenvalue weighted by Crippen LogP contribution is 2.21. The van der Waals surface area contributed by atoms with Crippen LogP contribution in [0.3, 0.4) is 0 Å². The number of nitriles is 1. The predicted molar refractivity (Wildman–Crippen MR) is 61.0 cm³/mol. The molecule has 1 aromatic heterocycles. The Morgan fingerprint density at radius 2 is 1.94 bits per heavy atom. The first-order valence-electron chi connectivity index (χ1n) is 4.82. The fourth-order valence-corrected chi connectivity index (χ4v) is 1.43. The minimum Gasteiger partial charge on any atom is -0.358 e. The summed E-state index contributed by atoms with van der Waals surface area (Å²) < 4.78 is 0. The van der Waals surface area contributed by atoms with E-state index < -0.39 is 4.92 Å². The van der Waals surface area contributed by atoms with Crippen LogP contribution in [0.25, 0.3) is 11.3 Å². The fraction of sp³-hybridized carbons (Fsp3) is 0. The van der Waals surface area contributed by atoms with Crippen molar-refractivity contribution < 1.29 is 4.92 Å². The van der Waals surface area contributed by atoms with Gasteiger partial charge in [0, 0.05) is 11.6 Å².